The maximum absolute atomic E-state index is 11.3. The molecule has 28 heavy (non-hydrogen) atoms. The normalized spacial score (nSPS) is 11.5. The Hall–Kier alpha value is -2.05. The average Bonchev–Trinajstić information content (AvgIpc) is 2.64. The summed E-state index contributed by atoms with van der Waals surface area (Å²) in [6.07, 6.45) is 10.8. The fourth-order valence-electron chi connectivity index (χ4n) is 3.15. The lowest BCUT2D eigenvalue weighted by atomic mass is 10.0. The molecule has 0 amide bonds. The Morgan fingerprint density at radius 3 is 2.21 bits per heavy atom. The van der Waals surface area contributed by atoms with E-state index in [2.05, 4.69) is 6.92 Å². The van der Waals surface area contributed by atoms with E-state index in [4.69, 9.17) is 4.74 Å². The molecule has 0 heterocycles. The van der Waals surface area contributed by atoms with E-state index >= 15 is 0 Å². The number of phenols is 1. The number of rotatable bonds is 12. The van der Waals surface area contributed by atoms with E-state index in [-0.39, 0.29) is 11.5 Å². The van der Waals surface area contributed by atoms with Crippen molar-refractivity contribution >= 4 is 10.1 Å². The van der Waals surface area contributed by atoms with Crippen LogP contribution in [-0.4, -0.2) is 18.1 Å². The van der Waals surface area contributed by atoms with Crippen molar-refractivity contribution in [2.45, 2.75) is 69.6 Å². The summed E-state index contributed by atoms with van der Waals surface area (Å²) < 4.78 is 37.7. The van der Waals surface area contributed by atoms with Crippen molar-refractivity contribution in [2.75, 3.05) is 0 Å². The maximum Gasteiger partial charge on any atom is 0.294 e. The van der Waals surface area contributed by atoms with Gasteiger partial charge in [-0.15, -0.1) is 0 Å². The Balaban J connectivity index is 1.94. The molecule has 0 saturated carbocycles. The van der Waals surface area contributed by atoms with E-state index in [1.54, 1.807) is 0 Å². The molecule has 0 spiro atoms. The monoisotopic (exact) mass is 406 g/mol. The van der Waals surface area contributed by atoms with Gasteiger partial charge in [0.1, 0.15) is 22.1 Å². The lowest BCUT2D eigenvalue weighted by Crippen LogP contribution is -1.99. The average molecular weight is 407 g/mol. The van der Waals surface area contributed by atoms with Crippen molar-refractivity contribution in [1.82, 2.24) is 0 Å². The van der Waals surface area contributed by atoms with E-state index in [9.17, 15) is 18.1 Å². The molecule has 0 fully saturated rings. The largest absolute Gasteiger partial charge is 0.508 e. The maximum atomic E-state index is 11.3. The Morgan fingerprint density at radius 1 is 0.893 bits per heavy atom. The number of ether oxygens (including phenoxy) is 1. The molecule has 2 aromatic rings. The summed E-state index contributed by atoms with van der Waals surface area (Å²) in [6, 6.07) is 11.1. The van der Waals surface area contributed by atoms with Crippen LogP contribution in [0.4, 0.5) is 0 Å². The van der Waals surface area contributed by atoms with Crippen LogP contribution < -0.4 is 4.74 Å². The predicted octanol–water partition coefficient (Wildman–Crippen LogP) is 6.11. The summed E-state index contributed by atoms with van der Waals surface area (Å²) in [7, 11) is -4.42. The van der Waals surface area contributed by atoms with E-state index in [0.29, 0.717) is 5.75 Å². The first-order valence-corrected chi connectivity index (χ1v) is 11.4. The van der Waals surface area contributed by atoms with E-state index < -0.39 is 15.0 Å². The standard InChI is InChI=1S/C22H30O5S/c1-2-3-4-5-6-7-8-9-12-18-13-10-11-14-22(18)27-20-15-19(23)16-21(17-20)28(24,25)26/h10-11,13-17,23H,2-9,12H2,1H3,(H,24,25,26). The Kier molecular flexibility index (Phi) is 8.80. The van der Waals surface area contributed by atoms with Crippen LogP contribution in [0.25, 0.3) is 0 Å². The number of benzene rings is 2. The van der Waals surface area contributed by atoms with Gasteiger partial charge in [0.15, 0.2) is 0 Å². The molecule has 0 unspecified atom stereocenters. The molecular weight excluding hydrogens is 376 g/mol. The van der Waals surface area contributed by atoms with Crippen LogP contribution in [0.2, 0.25) is 0 Å². The summed E-state index contributed by atoms with van der Waals surface area (Å²) in [5.41, 5.74) is 1.03. The van der Waals surface area contributed by atoms with Crippen molar-refractivity contribution in [3.63, 3.8) is 0 Å². The number of para-hydroxylation sites is 1. The van der Waals surface area contributed by atoms with Gasteiger partial charge in [-0.05, 0) is 24.5 Å². The van der Waals surface area contributed by atoms with Crippen LogP contribution in [0, 0.1) is 0 Å². The van der Waals surface area contributed by atoms with Crippen molar-refractivity contribution in [2.24, 2.45) is 0 Å². The summed E-state index contributed by atoms with van der Waals surface area (Å²) >= 11 is 0. The minimum atomic E-state index is -4.42. The molecule has 0 aliphatic heterocycles. The summed E-state index contributed by atoms with van der Waals surface area (Å²) in [5, 5.41) is 9.73. The molecule has 2 rings (SSSR count). The predicted molar refractivity (Wildman–Crippen MR) is 111 cm³/mol. The molecule has 154 valence electrons. The molecule has 6 heteroatoms. The van der Waals surface area contributed by atoms with Gasteiger partial charge in [-0.25, -0.2) is 0 Å². The highest BCUT2D eigenvalue weighted by atomic mass is 32.2. The van der Waals surface area contributed by atoms with Crippen molar-refractivity contribution in [1.29, 1.82) is 0 Å². The molecule has 5 nitrogen and oxygen atoms in total. The highest BCUT2D eigenvalue weighted by Crippen LogP contribution is 2.31. The third-order valence-electron chi connectivity index (χ3n) is 4.66. The second-order valence-corrected chi connectivity index (χ2v) is 8.49. The lowest BCUT2D eigenvalue weighted by molar-refractivity contribution is 0.444. The van der Waals surface area contributed by atoms with Crippen LogP contribution >= 0.6 is 0 Å². The van der Waals surface area contributed by atoms with Gasteiger partial charge >= 0.3 is 0 Å². The van der Waals surface area contributed by atoms with E-state index in [1.807, 2.05) is 24.3 Å². The van der Waals surface area contributed by atoms with Crippen LogP contribution in [-0.2, 0) is 16.5 Å². The van der Waals surface area contributed by atoms with Crippen molar-refractivity contribution in [3.05, 3.63) is 48.0 Å². The molecular formula is C22H30O5S. The molecule has 2 aromatic carbocycles. The smallest absolute Gasteiger partial charge is 0.294 e. The molecule has 0 saturated heterocycles. The third kappa shape index (κ3) is 7.52. The van der Waals surface area contributed by atoms with Crippen molar-refractivity contribution in [3.8, 4) is 17.2 Å². The van der Waals surface area contributed by atoms with Crippen LogP contribution in [0.1, 0.15) is 63.9 Å². The first-order valence-electron chi connectivity index (χ1n) is 9.97. The lowest BCUT2D eigenvalue weighted by Gasteiger charge is -2.12. The molecule has 0 aromatic heterocycles. The topological polar surface area (TPSA) is 83.8 Å². The number of aromatic hydroxyl groups is 1. The van der Waals surface area contributed by atoms with Gasteiger partial charge in [0.25, 0.3) is 10.1 Å². The van der Waals surface area contributed by atoms with Gasteiger partial charge in [-0.1, -0.05) is 70.1 Å². The Labute approximate surface area is 168 Å². The quantitative estimate of drug-likeness (QED) is 0.328. The van der Waals surface area contributed by atoms with E-state index in [1.165, 1.54) is 57.1 Å². The highest BCUT2D eigenvalue weighted by molar-refractivity contribution is 7.85. The van der Waals surface area contributed by atoms with Crippen LogP contribution in [0.3, 0.4) is 0 Å². The Morgan fingerprint density at radius 2 is 1.54 bits per heavy atom. The number of hydrogen-bond acceptors (Lipinski definition) is 4. The van der Waals surface area contributed by atoms with Crippen molar-refractivity contribution < 1.29 is 22.8 Å². The second kappa shape index (κ2) is 11.1. The fraction of sp³-hybridized carbons (Fsp3) is 0.455. The zero-order chi connectivity index (χ0) is 20.4. The Bertz CT molecular complexity index is 846. The van der Waals surface area contributed by atoms with Gasteiger partial charge in [0.2, 0.25) is 0 Å². The zero-order valence-corrected chi connectivity index (χ0v) is 17.2. The minimum absolute atomic E-state index is 0.163. The van der Waals surface area contributed by atoms with Gasteiger partial charge in [-0.2, -0.15) is 8.42 Å². The van der Waals surface area contributed by atoms with Crippen LogP contribution in [0.5, 0.6) is 17.2 Å². The molecule has 2 N–H and O–H groups in total. The minimum Gasteiger partial charge on any atom is -0.508 e. The molecule has 0 radical (unpaired) electrons. The van der Waals surface area contributed by atoms with E-state index in [0.717, 1.165) is 24.5 Å². The molecule has 0 aliphatic rings. The second-order valence-electron chi connectivity index (χ2n) is 7.07. The first kappa shape index (κ1) is 22.2. The van der Waals surface area contributed by atoms with Gasteiger partial charge in [0, 0.05) is 18.2 Å². The summed E-state index contributed by atoms with van der Waals surface area (Å²) in [5.74, 6) is 0.499. The van der Waals surface area contributed by atoms with Gasteiger partial charge in [0.05, 0.1) is 0 Å². The number of unbranched alkanes of at least 4 members (excludes halogenated alkanes) is 7. The molecule has 0 atom stereocenters. The molecule has 0 bridgehead atoms. The van der Waals surface area contributed by atoms with Gasteiger partial charge in [-0.3, -0.25) is 4.55 Å². The van der Waals surface area contributed by atoms with Crippen LogP contribution in [0.15, 0.2) is 47.4 Å². The zero-order valence-electron chi connectivity index (χ0n) is 16.4. The van der Waals surface area contributed by atoms with Gasteiger partial charge < -0.3 is 9.84 Å². The number of hydrogen-bond donors (Lipinski definition) is 2. The molecule has 0 aliphatic carbocycles. The number of aryl methyl sites for hydroxylation is 1. The summed E-state index contributed by atoms with van der Waals surface area (Å²) in [6.45, 7) is 2.22. The summed E-state index contributed by atoms with van der Waals surface area (Å²) in [4.78, 5) is -0.400. The SMILES string of the molecule is CCCCCCCCCCc1ccccc1Oc1cc(O)cc(S(=O)(=O)O)c1. The first-order chi connectivity index (χ1) is 13.4. The third-order valence-corrected chi connectivity index (χ3v) is 5.49. The fourth-order valence-corrected chi connectivity index (χ4v) is 3.69. The number of phenolic OH excluding ortho intramolecular Hbond substituents is 1. The highest BCUT2D eigenvalue weighted by Gasteiger charge is 2.14.